The molecule has 0 aromatic heterocycles. The van der Waals surface area contributed by atoms with Crippen LogP contribution in [-0.2, 0) is 9.53 Å². The molecule has 6 heteroatoms. The Kier molecular flexibility index (Phi) is 1.53. The van der Waals surface area contributed by atoms with Crippen molar-refractivity contribution in [3.63, 3.8) is 0 Å². The van der Waals surface area contributed by atoms with E-state index in [1.54, 1.807) is 0 Å². The lowest BCUT2D eigenvalue weighted by Crippen LogP contribution is -2.75. The summed E-state index contributed by atoms with van der Waals surface area (Å²) in [6.45, 7) is 2.54. The van der Waals surface area contributed by atoms with Gasteiger partial charge in [-0.15, -0.1) is 0 Å². The molecule has 3 aliphatic rings. The first-order valence-corrected chi connectivity index (χ1v) is 5.14. The van der Waals surface area contributed by atoms with Crippen LogP contribution in [0.1, 0.15) is 6.92 Å². The van der Waals surface area contributed by atoms with Crippen LogP contribution in [0.15, 0.2) is 0 Å². The van der Waals surface area contributed by atoms with E-state index in [9.17, 15) is 4.79 Å². The van der Waals surface area contributed by atoms with Gasteiger partial charge in [0.05, 0.1) is 6.61 Å². The number of likely N-dealkylation sites (N-methyl/N-ethyl adjacent to an activating group) is 1. The second-order valence-corrected chi connectivity index (χ2v) is 4.53. The maximum absolute atomic E-state index is 11.6. The predicted octanol–water partition coefficient (Wildman–Crippen LogP) is -0.851. The van der Waals surface area contributed by atoms with Crippen LogP contribution in [0.3, 0.4) is 0 Å². The number of likely N-dealkylation sites (tertiary alicyclic amines) is 1. The second-order valence-electron chi connectivity index (χ2n) is 4.53. The van der Waals surface area contributed by atoms with Crippen LogP contribution in [0.2, 0.25) is 11.0 Å². The molecular weight excluding hydrogens is 175 g/mol. The van der Waals surface area contributed by atoms with E-state index in [0.29, 0.717) is 18.3 Å². The standard InChI is InChI=1S/C8H11B3NO2/c1-3-14-5(13)4-8-6(10-8)11(9)7(8)12(4)2/h4,6-7H,3H2,1-2H3. The van der Waals surface area contributed by atoms with Crippen LogP contribution in [0.25, 0.3) is 0 Å². The third kappa shape index (κ3) is 0.690. The Morgan fingerprint density at radius 3 is 3.07 bits per heavy atom. The topological polar surface area (TPSA) is 29.5 Å². The molecule has 3 rings (SSSR count). The predicted molar refractivity (Wildman–Crippen MR) is 55.7 cm³/mol. The highest BCUT2D eigenvalue weighted by molar-refractivity contribution is 7.17. The maximum Gasteiger partial charge on any atom is 0.323 e. The van der Waals surface area contributed by atoms with Crippen molar-refractivity contribution in [2.75, 3.05) is 13.7 Å². The normalized spacial score (nSPS) is 47.9. The minimum atomic E-state index is -0.0862. The van der Waals surface area contributed by atoms with E-state index in [2.05, 4.69) is 12.2 Å². The van der Waals surface area contributed by atoms with Crippen LogP contribution < -0.4 is 0 Å². The monoisotopic (exact) mass is 186 g/mol. The first kappa shape index (κ1) is 8.90. The Bertz CT molecular complexity index is 313. The van der Waals surface area contributed by atoms with Crippen molar-refractivity contribution in [2.45, 2.75) is 29.9 Å². The third-order valence-electron chi connectivity index (χ3n) is 4.06. The van der Waals surface area contributed by atoms with Crippen molar-refractivity contribution in [2.24, 2.45) is 0 Å². The minimum Gasteiger partial charge on any atom is -0.465 e. The van der Waals surface area contributed by atoms with Gasteiger partial charge in [-0.25, -0.2) is 0 Å². The zero-order valence-corrected chi connectivity index (χ0v) is 8.43. The molecule has 4 unspecified atom stereocenters. The van der Waals surface area contributed by atoms with Gasteiger partial charge in [0.15, 0.2) is 0 Å². The van der Waals surface area contributed by atoms with Crippen molar-refractivity contribution >= 4 is 27.6 Å². The molecule has 0 aromatic carbocycles. The highest BCUT2D eigenvalue weighted by Crippen LogP contribution is 2.80. The molecular formula is C8H11B3NO2. The molecule has 0 saturated carbocycles. The first-order valence-electron chi connectivity index (χ1n) is 5.14. The van der Waals surface area contributed by atoms with Crippen molar-refractivity contribution in [1.82, 2.24) is 4.90 Å². The van der Waals surface area contributed by atoms with Crippen molar-refractivity contribution in [3.8, 4) is 0 Å². The molecule has 3 heterocycles. The smallest absolute Gasteiger partial charge is 0.323 e. The summed E-state index contributed by atoms with van der Waals surface area (Å²) in [6.07, 6.45) is 0. The van der Waals surface area contributed by atoms with Gasteiger partial charge in [0.25, 0.3) is 0 Å². The van der Waals surface area contributed by atoms with Gasteiger partial charge >= 0.3 is 5.97 Å². The van der Waals surface area contributed by atoms with Gasteiger partial charge in [-0.2, -0.15) is 0 Å². The molecule has 3 saturated heterocycles. The van der Waals surface area contributed by atoms with E-state index in [4.69, 9.17) is 12.5 Å². The molecule has 3 fully saturated rings. The molecule has 14 heavy (non-hydrogen) atoms. The Morgan fingerprint density at radius 1 is 1.79 bits per heavy atom. The first-order chi connectivity index (χ1) is 6.64. The molecule has 3 radical (unpaired) electrons. The molecule has 0 aromatic rings. The lowest BCUT2D eigenvalue weighted by Gasteiger charge is -2.64. The summed E-state index contributed by atoms with van der Waals surface area (Å²) in [5, 5.41) is 0.112. The summed E-state index contributed by atoms with van der Waals surface area (Å²) >= 11 is 0. The van der Waals surface area contributed by atoms with E-state index in [1.807, 2.05) is 14.0 Å². The molecule has 4 atom stereocenters. The van der Waals surface area contributed by atoms with Crippen molar-refractivity contribution in [3.05, 3.63) is 0 Å². The fraction of sp³-hybridized carbons (Fsp3) is 0.875. The number of esters is 1. The fourth-order valence-corrected chi connectivity index (χ4v) is 3.50. The van der Waals surface area contributed by atoms with E-state index < -0.39 is 0 Å². The van der Waals surface area contributed by atoms with Gasteiger partial charge in [0, 0.05) is 7.74 Å². The Hall–Kier alpha value is -0.375. The van der Waals surface area contributed by atoms with Gasteiger partial charge in [-0.1, -0.05) is 5.72 Å². The van der Waals surface area contributed by atoms with E-state index in [-0.39, 0.29) is 23.9 Å². The van der Waals surface area contributed by atoms with Crippen LogP contribution in [-0.4, -0.2) is 58.1 Å². The van der Waals surface area contributed by atoms with Crippen molar-refractivity contribution < 1.29 is 9.53 Å². The average molecular weight is 186 g/mol. The summed E-state index contributed by atoms with van der Waals surface area (Å²) in [6, 6.07) is -0.0581. The number of rotatable bonds is 2. The Balaban J connectivity index is 1.76. The lowest BCUT2D eigenvalue weighted by atomic mass is 9.13. The zero-order valence-electron chi connectivity index (χ0n) is 8.43. The third-order valence-corrected chi connectivity index (χ3v) is 4.06. The summed E-state index contributed by atoms with van der Waals surface area (Å²) in [7, 11) is 10.1. The number of nitrogens with zero attached hydrogens (tertiary/aromatic N) is 1. The summed E-state index contributed by atoms with van der Waals surface area (Å²) in [4.78, 5) is 13.7. The van der Waals surface area contributed by atoms with E-state index in [0.717, 1.165) is 0 Å². The lowest BCUT2D eigenvalue weighted by molar-refractivity contribution is -0.158. The molecule has 0 aliphatic carbocycles. The largest absolute Gasteiger partial charge is 0.465 e. The molecule has 1 spiro atoms. The Morgan fingerprint density at radius 2 is 2.50 bits per heavy atom. The number of hydrogen-bond donors (Lipinski definition) is 0. The van der Waals surface area contributed by atoms with Gasteiger partial charge in [-0.05, 0) is 25.2 Å². The minimum absolute atomic E-state index is 0.0581. The number of hydrogen-bond acceptors (Lipinski definition) is 3. The molecule has 3 aliphatic heterocycles. The van der Waals surface area contributed by atoms with Gasteiger partial charge in [0.1, 0.15) is 19.9 Å². The van der Waals surface area contributed by atoms with Gasteiger partial charge < -0.3 is 4.74 Å². The average Bonchev–Trinajstić information content (AvgIpc) is 2.78. The molecule has 0 bridgehead atoms. The molecule has 3 nitrogen and oxygen atoms in total. The SMILES string of the molecule is [B]B1C2[B]C23C1N(C)C3C(=O)OCC. The van der Waals surface area contributed by atoms with Crippen LogP contribution >= 0.6 is 0 Å². The highest BCUT2D eigenvalue weighted by atomic mass is 16.5. The van der Waals surface area contributed by atoms with Crippen LogP contribution in [0, 0.1) is 0 Å². The summed E-state index contributed by atoms with van der Waals surface area (Å²) in [5.41, 5.74) is 0.470. The highest BCUT2D eigenvalue weighted by Gasteiger charge is 2.84. The molecule has 0 N–H and O–H groups in total. The maximum atomic E-state index is 11.6. The fourth-order valence-electron chi connectivity index (χ4n) is 3.50. The van der Waals surface area contributed by atoms with Crippen LogP contribution in [0.4, 0.5) is 0 Å². The Labute approximate surface area is 86.3 Å². The molecule has 69 valence electrons. The van der Waals surface area contributed by atoms with Gasteiger partial charge in [-0.3, -0.25) is 9.69 Å². The second kappa shape index (κ2) is 2.41. The summed E-state index contributed by atoms with van der Waals surface area (Å²) < 4.78 is 5.05. The summed E-state index contributed by atoms with van der Waals surface area (Å²) in [5.74, 6) is 0.304. The molecule has 0 amide bonds. The number of carbonyl (C=O) groups excluding carboxylic acids is 1. The van der Waals surface area contributed by atoms with E-state index >= 15 is 0 Å². The number of ether oxygens (including phenoxy) is 1. The van der Waals surface area contributed by atoms with Gasteiger partial charge in [0.2, 0.25) is 0 Å². The van der Waals surface area contributed by atoms with E-state index in [1.165, 1.54) is 0 Å². The van der Waals surface area contributed by atoms with Crippen LogP contribution in [0.5, 0.6) is 0 Å². The zero-order chi connectivity index (χ0) is 10.1. The van der Waals surface area contributed by atoms with Crippen molar-refractivity contribution in [1.29, 1.82) is 0 Å². The number of carbonyl (C=O) groups is 1. The quantitative estimate of drug-likeness (QED) is 0.415.